The quantitative estimate of drug-likeness (QED) is 0.910. The third-order valence-corrected chi connectivity index (χ3v) is 3.25. The van der Waals surface area contributed by atoms with Gasteiger partial charge in [0, 0.05) is 11.6 Å². The van der Waals surface area contributed by atoms with Crippen molar-refractivity contribution in [2.75, 3.05) is 12.4 Å². The predicted molar refractivity (Wildman–Crippen MR) is 78.2 cm³/mol. The summed E-state index contributed by atoms with van der Waals surface area (Å²) >= 11 is 0. The molecule has 1 atom stereocenters. The van der Waals surface area contributed by atoms with E-state index in [0.717, 1.165) is 6.42 Å². The number of methoxy groups -OCH3 is 1. The van der Waals surface area contributed by atoms with E-state index in [1.54, 1.807) is 43.6 Å². The molecular formula is C15H19N3O2. The summed E-state index contributed by atoms with van der Waals surface area (Å²) in [4.78, 5) is 12.2. The summed E-state index contributed by atoms with van der Waals surface area (Å²) in [7, 11) is 1.58. The van der Waals surface area contributed by atoms with Crippen molar-refractivity contribution >= 4 is 11.7 Å². The second-order valence-corrected chi connectivity index (χ2v) is 4.60. The number of benzene rings is 1. The van der Waals surface area contributed by atoms with Gasteiger partial charge in [-0.2, -0.15) is 5.10 Å². The number of nitrogens with one attached hydrogen (secondary N) is 1. The number of amides is 1. The van der Waals surface area contributed by atoms with Crippen molar-refractivity contribution in [1.82, 2.24) is 9.78 Å². The Kier molecular flexibility index (Phi) is 4.40. The fourth-order valence-electron chi connectivity index (χ4n) is 1.89. The van der Waals surface area contributed by atoms with Crippen molar-refractivity contribution in [2.45, 2.75) is 26.3 Å². The van der Waals surface area contributed by atoms with Crippen LogP contribution in [0.4, 0.5) is 5.82 Å². The summed E-state index contributed by atoms with van der Waals surface area (Å²) in [5, 5.41) is 7.12. The Hall–Kier alpha value is -2.30. The molecule has 1 aromatic carbocycles. The first kappa shape index (κ1) is 14.1. The van der Waals surface area contributed by atoms with Gasteiger partial charge in [0.05, 0.1) is 19.3 Å². The zero-order chi connectivity index (χ0) is 14.5. The first-order valence-corrected chi connectivity index (χ1v) is 6.64. The zero-order valence-corrected chi connectivity index (χ0v) is 12.0. The Balaban J connectivity index is 2.17. The van der Waals surface area contributed by atoms with Gasteiger partial charge in [0.25, 0.3) is 5.91 Å². The molecule has 0 aliphatic carbocycles. The van der Waals surface area contributed by atoms with Crippen LogP contribution in [0.25, 0.3) is 0 Å². The summed E-state index contributed by atoms with van der Waals surface area (Å²) in [6.45, 7) is 4.15. The molecule has 0 saturated heterocycles. The number of hydrogen-bond acceptors (Lipinski definition) is 3. The fraction of sp³-hybridized carbons (Fsp3) is 0.333. The number of carbonyl (C=O) groups is 1. The molecule has 1 aromatic heterocycles. The minimum Gasteiger partial charge on any atom is -0.497 e. The first-order chi connectivity index (χ1) is 9.65. The van der Waals surface area contributed by atoms with Crippen molar-refractivity contribution in [3.63, 3.8) is 0 Å². The summed E-state index contributed by atoms with van der Waals surface area (Å²) in [6, 6.07) is 9.09. The second-order valence-electron chi connectivity index (χ2n) is 4.60. The smallest absolute Gasteiger partial charge is 0.256 e. The van der Waals surface area contributed by atoms with Crippen molar-refractivity contribution in [1.29, 1.82) is 0 Å². The average molecular weight is 273 g/mol. The number of rotatable bonds is 5. The number of anilines is 1. The van der Waals surface area contributed by atoms with Gasteiger partial charge in [-0.25, -0.2) is 4.68 Å². The molecule has 5 nitrogen and oxygen atoms in total. The van der Waals surface area contributed by atoms with E-state index in [1.165, 1.54) is 0 Å². The number of carbonyl (C=O) groups excluding carboxylic acids is 1. The molecule has 0 spiro atoms. The molecule has 1 heterocycles. The van der Waals surface area contributed by atoms with Crippen molar-refractivity contribution in [3.8, 4) is 5.75 Å². The summed E-state index contributed by atoms with van der Waals surface area (Å²) in [5.74, 6) is 1.19. The molecule has 1 N–H and O–H groups in total. The first-order valence-electron chi connectivity index (χ1n) is 6.64. The maximum absolute atomic E-state index is 12.2. The molecule has 2 aromatic rings. The topological polar surface area (TPSA) is 56.2 Å². The van der Waals surface area contributed by atoms with Crippen LogP contribution in [0.2, 0.25) is 0 Å². The Morgan fingerprint density at radius 3 is 2.95 bits per heavy atom. The highest BCUT2D eigenvalue weighted by Gasteiger charge is 2.12. The predicted octanol–water partition coefficient (Wildman–Crippen LogP) is 3.12. The van der Waals surface area contributed by atoms with Crippen LogP contribution < -0.4 is 10.1 Å². The third kappa shape index (κ3) is 2.99. The van der Waals surface area contributed by atoms with Crippen molar-refractivity contribution in [2.24, 2.45) is 0 Å². The van der Waals surface area contributed by atoms with Crippen molar-refractivity contribution in [3.05, 3.63) is 42.1 Å². The van der Waals surface area contributed by atoms with E-state index in [-0.39, 0.29) is 11.9 Å². The SMILES string of the molecule is CCC(C)n1nccc1NC(=O)c1cccc(OC)c1. The van der Waals surface area contributed by atoms with E-state index in [4.69, 9.17) is 4.74 Å². The number of nitrogens with zero attached hydrogens (tertiary/aromatic N) is 2. The lowest BCUT2D eigenvalue weighted by Gasteiger charge is -2.14. The fourth-order valence-corrected chi connectivity index (χ4v) is 1.89. The van der Waals surface area contributed by atoms with Crippen LogP contribution in [0.15, 0.2) is 36.5 Å². The molecule has 1 amide bonds. The molecule has 2 rings (SSSR count). The van der Waals surface area contributed by atoms with Gasteiger partial charge in [0.2, 0.25) is 0 Å². The van der Waals surface area contributed by atoms with E-state index >= 15 is 0 Å². The lowest BCUT2D eigenvalue weighted by molar-refractivity contribution is 0.102. The molecule has 20 heavy (non-hydrogen) atoms. The summed E-state index contributed by atoms with van der Waals surface area (Å²) in [6.07, 6.45) is 2.64. The third-order valence-electron chi connectivity index (χ3n) is 3.25. The van der Waals surface area contributed by atoms with Crippen LogP contribution in [0.1, 0.15) is 36.7 Å². The maximum Gasteiger partial charge on any atom is 0.256 e. The highest BCUT2D eigenvalue weighted by atomic mass is 16.5. The van der Waals surface area contributed by atoms with E-state index in [0.29, 0.717) is 17.1 Å². The van der Waals surface area contributed by atoms with Crippen LogP contribution in [0.3, 0.4) is 0 Å². The zero-order valence-electron chi connectivity index (χ0n) is 12.0. The molecule has 5 heteroatoms. The number of ether oxygens (including phenoxy) is 1. The largest absolute Gasteiger partial charge is 0.497 e. The minimum absolute atomic E-state index is 0.172. The van der Waals surface area contributed by atoms with Crippen LogP contribution in [-0.4, -0.2) is 22.8 Å². The summed E-state index contributed by atoms with van der Waals surface area (Å²) < 4.78 is 6.94. The number of aromatic nitrogens is 2. The van der Waals surface area contributed by atoms with Gasteiger partial charge < -0.3 is 10.1 Å². The highest BCUT2D eigenvalue weighted by Crippen LogP contribution is 2.18. The van der Waals surface area contributed by atoms with Crippen molar-refractivity contribution < 1.29 is 9.53 Å². The van der Waals surface area contributed by atoms with E-state index in [9.17, 15) is 4.79 Å². The van der Waals surface area contributed by atoms with Crippen LogP contribution in [-0.2, 0) is 0 Å². The molecule has 1 unspecified atom stereocenters. The van der Waals surface area contributed by atoms with Gasteiger partial charge in [-0.1, -0.05) is 13.0 Å². The van der Waals surface area contributed by atoms with Gasteiger partial charge in [0.15, 0.2) is 0 Å². The molecule has 0 saturated carbocycles. The molecule has 0 radical (unpaired) electrons. The van der Waals surface area contributed by atoms with E-state index in [2.05, 4.69) is 24.3 Å². The van der Waals surface area contributed by atoms with Crippen LogP contribution >= 0.6 is 0 Å². The van der Waals surface area contributed by atoms with Gasteiger partial charge >= 0.3 is 0 Å². The Bertz CT molecular complexity index is 592. The monoisotopic (exact) mass is 273 g/mol. The Labute approximate surface area is 118 Å². The Morgan fingerprint density at radius 2 is 2.25 bits per heavy atom. The standard InChI is InChI=1S/C15H19N3O2/c1-4-11(2)18-14(8-9-16-18)17-15(19)12-6-5-7-13(10-12)20-3/h5-11H,4H2,1-3H3,(H,17,19). The Morgan fingerprint density at radius 1 is 1.45 bits per heavy atom. The number of hydrogen-bond donors (Lipinski definition) is 1. The lowest BCUT2D eigenvalue weighted by Crippen LogP contribution is -2.17. The molecule has 106 valence electrons. The van der Waals surface area contributed by atoms with Gasteiger partial charge in [-0.05, 0) is 31.5 Å². The maximum atomic E-state index is 12.2. The molecule has 0 aliphatic heterocycles. The normalized spacial score (nSPS) is 11.9. The minimum atomic E-state index is -0.172. The van der Waals surface area contributed by atoms with Crippen LogP contribution in [0, 0.1) is 0 Å². The highest BCUT2D eigenvalue weighted by molar-refractivity contribution is 6.04. The van der Waals surface area contributed by atoms with E-state index in [1.807, 2.05) is 4.68 Å². The van der Waals surface area contributed by atoms with Gasteiger partial charge in [-0.15, -0.1) is 0 Å². The molecular weight excluding hydrogens is 254 g/mol. The summed E-state index contributed by atoms with van der Waals surface area (Å²) in [5.41, 5.74) is 0.557. The molecule has 0 fully saturated rings. The van der Waals surface area contributed by atoms with E-state index < -0.39 is 0 Å². The molecule has 0 aliphatic rings. The van der Waals surface area contributed by atoms with Gasteiger partial charge in [-0.3, -0.25) is 4.79 Å². The lowest BCUT2D eigenvalue weighted by atomic mass is 10.2. The second kappa shape index (κ2) is 6.23. The van der Waals surface area contributed by atoms with Crippen LogP contribution in [0.5, 0.6) is 5.75 Å². The average Bonchev–Trinajstić information content (AvgIpc) is 2.94. The van der Waals surface area contributed by atoms with Gasteiger partial charge in [0.1, 0.15) is 11.6 Å². The molecule has 0 bridgehead atoms.